The Kier molecular flexibility index (Phi) is 2.06. The van der Waals surface area contributed by atoms with Gasteiger partial charge in [0.05, 0.1) is 12.1 Å². The second kappa shape index (κ2) is 3.37. The lowest BCUT2D eigenvalue weighted by molar-refractivity contribution is 0.525. The molecule has 13 heavy (non-hydrogen) atoms. The number of aromatic nitrogens is 2. The highest BCUT2D eigenvalue weighted by molar-refractivity contribution is 5.54. The number of nitrogens with two attached hydrogens (primary N) is 1. The summed E-state index contributed by atoms with van der Waals surface area (Å²) in [5.41, 5.74) is 6.28. The Morgan fingerprint density at radius 1 is 1.23 bits per heavy atom. The summed E-state index contributed by atoms with van der Waals surface area (Å²) in [5.74, 6) is 1.51. The maximum absolute atomic E-state index is 5.42. The quantitative estimate of drug-likeness (QED) is 0.744. The molecule has 2 N–H and O–H groups in total. The predicted molar refractivity (Wildman–Crippen MR) is 47.6 cm³/mol. The molecule has 0 aliphatic heterocycles. The van der Waals surface area contributed by atoms with E-state index >= 15 is 0 Å². The van der Waals surface area contributed by atoms with Gasteiger partial charge in [-0.3, -0.25) is 0 Å². The lowest BCUT2D eigenvalue weighted by Gasteiger charge is -1.93. The van der Waals surface area contributed by atoms with Crippen LogP contribution in [0.4, 0.5) is 0 Å². The predicted octanol–water partition coefficient (Wildman–Crippen LogP) is 1.20. The van der Waals surface area contributed by atoms with Crippen molar-refractivity contribution in [3.63, 3.8) is 0 Å². The van der Waals surface area contributed by atoms with E-state index in [4.69, 9.17) is 10.2 Å². The van der Waals surface area contributed by atoms with E-state index in [0.717, 1.165) is 17.1 Å². The molecule has 2 aromatic heterocycles. The van der Waals surface area contributed by atoms with Crippen LogP contribution in [-0.4, -0.2) is 9.97 Å². The minimum absolute atomic E-state index is 0.410. The van der Waals surface area contributed by atoms with Gasteiger partial charge in [-0.2, -0.15) is 0 Å². The van der Waals surface area contributed by atoms with Crippen molar-refractivity contribution in [2.75, 3.05) is 0 Å². The highest BCUT2D eigenvalue weighted by Gasteiger charge is 2.02. The molecule has 0 aromatic carbocycles. The maximum atomic E-state index is 5.42. The molecule has 2 heterocycles. The Hall–Kier alpha value is -1.68. The molecule has 0 aliphatic rings. The number of rotatable bonds is 2. The van der Waals surface area contributed by atoms with Crippen LogP contribution < -0.4 is 5.73 Å². The van der Waals surface area contributed by atoms with Crippen molar-refractivity contribution >= 4 is 0 Å². The smallest absolute Gasteiger partial charge is 0.137 e. The van der Waals surface area contributed by atoms with Gasteiger partial charge in [0, 0.05) is 12.4 Å². The summed E-state index contributed by atoms with van der Waals surface area (Å²) in [6, 6.07) is 3.71. The molecule has 2 aromatic rings. The Labute approximate surface area is 75.4 Å². The average Bonchev–Trinajstić information content (AvgIpc) is 2.67. The fourth-order valence-electron chi connectivity index (χ4n) is 1.07. The van der Waals surface area contributed by atoms with Crippen LogP contribution in [0.1, 0.15) is 5.76 Å². The van der Waals surface area contributed by atoms with E-state index in [1.54, 1.807) is 12.4 Å². The van der Waals surface area contributed by atoms with Crippen molar-refractivity contribution in [2.24, 2.45) is 5.73 Å². The van der Waals surface area contributed by atoms with Gasteiger partial charge in [0.25, 0.3) is 0 Å². The van der Waals surface area contributed by atoms with Gasteiger partial charge in [-0.05, 0) is 12.1 Å². The highest BCUT2D eigenvalue weighted by Crippen LogP contribution is 2.19. The first-order valence-electron chi connectivity index (χ1n) is 3.94. The standard InChI is InChI=1S/C9H9N3O/c10-3-8-1-2-9(13-8)7-4-11-6-12-5-7/h1-2,4-6H,3,10H2. The molecule has 4 heteroatoms. The summed E-state index contributed by atoms with van der Waals surface area (Å²) in [4.78, 5) is 7.79. The third-order valence-electron chi connectivity index (χ3n) is 1.71. The molecule has 0 radical (unpaired) electrons. The van der Waals surface area contributed by atoms with Gasteiger partial charge < -0.3 is 10.2 Å². The SMILES string of the molecule is NCc1ccc(-c2cncnc2)o1. The summed E-state index contributed by atoms with van der Waals surface area (Å²) in [7, 11) is 0. The number of hydrogen-bond acceptors (Lipinski definition) is 4. The van der Waals surface area contributed by atoms with Crippen LogP contribution in [0.25, 0.3) is 11.3 Å². The van der Waals surface area contributed by atoms with Gasteiger partial charge in [-0.25, -0.2) is 9.97 Å². The molecule has 0 spiro atoms. The first-order valence-corrected chi connectivity index (χ1v) is 3.94. The van der Waals surface area contributed by atoms with Crippen molar-refractivity contribution in [2.45, 2.75) is 6.54 Å². The summed E-state index contributed by atoms with van der Waals surface area (Å²) in [6.07, 6.45) is 4.88. The molecule has 0 amide bonds. The Bertz CT molecular complexity index is 383. The van der Waals surface area contributed by atoms with Crippen molar-refractivity contribution in [3.05, 3.63) is 36.6 Å². The summed E-state index contributed by atoms with van der Waals surface area (Å²) in [5, 5.41) is 0. The monoisotopic (exact) mass is 175 g/mol. The van der Waals surface area contributed by atoms with E-state index in [1.807, 2.05) is 12.1 Å². The third kappa shape index (κ3) is 1.57. The Balaban J connectivity index is 2.36. The zero-order valence-corrected chi connectivity index (χ0v) is 6.97. The number of nitrogens with zero attached hydrogens (tertiary/aromatic N) is 2. The molecular formula is C9H9N3O. The summed E-state index contributed by atoms with van der Waals surface area (Å²) < 4.78 is 5.41. The molecule has 0 fully saturated rings. The number of furan rings is 1. The molecule has 0 bridgehead atoms. The van der Waals surface area contributed by atoms with Crippen LogP contribution in [0, 0.1) is 0 Å². The molecule has 4 nitrogen and oxygen atoms in total. The van der Waals surface area contributed by atoms with Crippen LogP contribution in [0.5, 0.6) is 0 Å². The minimum Gasteiger partial charge on any atom is -0.460 e. The van der Waals surface area contributed by atoms with Gasteiger partial charge >= 0.3 is 0 Å². The van der Waals surface area contributed by atoms with E-state index < -0.39 is 0 Å². The van der Waals surface area contributed by atoms with Crippen LogP contribution in [0.3, 0.4) is 0 Å². The van der Waals surface area contributed by atoms with Crippen LogP contribution in [-0.2, 0) is 6.54 Å². The molecule has 0 aliphatic carbocycles. The first-order chi connectivity index (χ1) is 6.40. The molecule has 0 atom stereocenters. The molecule has 0 unspecified atom stereocenters. The van der Waals surface area contributed by atoms with E-state index in [-0.39, 0.29) is 0 Å². The molecule has 2 rings (SSSR count). The van der Waals surface area contributed by atoms with Gasteiger partial charge in [-0.1, -0.05) is 0 Å². The van der Waals surface area contributed by atoms with Gasteiger partial charge in [0.2, 0.25) is 0 Å². The first kappa shape index (κ1) is 7.94. The average molecular weight is 175 g/mol. The summed E-state index contributed by atoms with van der Waals surface area (Å²) in [6.45, 7) is 0.410. The summed E-state index contributed by atoms with van der Waals surface area (Å²) >= 11 is 0. The van der Waals surface area contributed by atoms with Gasteiger partial charge in [0.1, 0.15) is 17.8 Å². The maximum Gasteiger partial charge on any atom is 0.137 e. The molecule has 0 saturated carbocycles. The van der Waals surface area contributed by atoms with E-state index in [1.165, 1.54) is 6.33 Å². The van der Waals surface area contributed by atoms with Crippen molar-refractivity contribution in [3.8, 4) is 11.3 Å². The van der Waals surface area contributed by atoms with Gasteiger partial charge in [-0.15, -0.1) is 0 Å². The topological polar surface area (TPSA) is 64.9 Å². The fourth-order valence-corrected chi connectivity index (χ4v) is 1.07. The van der Waals surface area contributed by atoms with E-state index in [2.05, 4.69) is 9.97 Å². The fraction of sp³-hybridized carbons (Fsp3) is 0.111. The lowest BCUT2D eigenvalue weighted by Crippen LogP contribution is -1.92. The van der Waals surface area contributed by atoms with Crippen LogP contribution >= 0.6 is 0 Å². The largest absolute Gasteiger partial charge is 0.460 e. The Morgan fingerprint density at radius 2 is 2.00 bits per heavy atom. The minimum atomic E-state index is 0.410. The second-order valence-electron chi connectivity index (χ2n) is 2.60. The van der Waals surface area contributed by atoms with Crippen LogP contribution in [0.2, 0.25) is 0 Å². The Morgan fingerprint density at radius 3 is 2.62 bits per heavy atom. The van der Waals surface area contributed by atoms with E-state index in [9.17, 15) is 0 Å². The third-order valence-corrected chi connectivity index (χ3v) is 1.71. The van der Waals surface area contributed by atoms with Crippen molar-refractivity contribution < 1.29 is 4.42 Å². The van der Waals surface area contributed by atoms with Gasteiger partial charge in [0.15, 0.2) is 0 Å². The lowest BCUT2D eigenvalue weighted by atomic mass is 10.3. The number of hydrogen-bond donors (Lipinski definition) is 1. The zero-order valence-electron chi connectivity index (χ0n) is 6.97. The molecule has 66 valence electrons. The highest BCUT2D eigenvalue weighted by atomic mass is 16.3. The second-order valence-corrected chi connectivity index (χ2v) is 2.60. The molecular weight excluding hydrogens is 166 g/mol. The van der Waals surface area contributed by atoms with Crippen molar-refractivity contribution in [1.29, 1.82) is 0 Å². The zero-order chi connectivity index (χ0) is 9.10. The normalized spacial score (nSPS) is 10.2. The van der Waals surface area contributed by atoms with E-state index in [0.29, 0.717) is 6.54 Å². The molecule has 0 saturated heterocycles. The van der Waals surface area contributed by atoms with Crippen LogP contribution in [0.15, 0.2) is 35.3 Å². The van der Waals surface area contributed by atoms with Crippen molar-refractivity contribution in [1.82, 2.24) is 9.97 Å².